The summed E-state index contributed by atoms with van der Waals surface area (Å²) in [6.07, 6.45) is 0. The third-order valence-corrected chi connectivity index (χ3v) is 2.50. The lowest BCUT2D eigenvalue weighted by Gasteiger charge is -2.01. The zero-order valence-electron chi connectivity index (χ0n) is 8.18. The van der Waals surface area contributed by atoms with Gasteiger partial charge in [0.1, 0.15) is 5.36 Å². The van der Waals surface area contributed by atoms with E-state index in [-0.39, 0.29) is 0 Å². The molecule has 2 aromatic carbocycles. The average molecular weight is 210 g/mol. The number of benzene rings is 2. The van der Waals surface area contributed by atoms with E-state index in [4.69, 9.17) is 0 Å². The van der Waals surface area contributed by atoms with Crippen molar-refractivity contribution < 1.29 is 9.59 Å². The maximum atomic E-state index is 11.2. The summed E-state index contributed by atoms with van der Waals surface area (Å²) in [6, 6.07) is 11.1. The van der Waals surface area contributed by atoms with Crippen LogP contribution in [0, 0.1) is 0 Å². The smallest absolute Gasteiger partial charge is 0.261 e. The molecular formula is C12H6N2O2. The van der Waals surface area contributed by atoms with Crippen LogP contribution < -0.4 is 10.7 Å². The molecule has 2 aromatic rings. The first kappa shape index (κ1) is 8.91. The van der Waals surface area contributed by atoms with Crippen LogP contribution in [0.2, 0.25) is 0 Å². The van der Waals surface area contributed by atoms with Crippen LogP contribution in [0.5, 0.6) is 0 Å². The lowest BCUT2D eigenvalue weighted by molar-refractivity contribution is -0.135. The van der Waals surface area contributed by atoms with Crippen LogP contribution in [0.25, 0.3) is 10.8 Å². The third kappa shape index (κ3) is 1.16. The normalized spacial score (nSPS) is 14.2. The van der Waals surface area contributed by atoms with Crippen molar-refractivity contribution in [3.63, 3.8) is 0 Å². The van der Waals surface area contributed by atoms with Crippen LogP contribution in [-0.2, 0) is 9.59 Å². The van der Waals surface area contributed by atoms with E-state index in [1.165, 1.54) is 0 Å². The van der Waals surface area contributed by atoms with Gasteiger partial charge in [-0.15, -0.1) is 0 Å². The lowest BCUT2D eigenvalue weighted by Crippen LogP contribution is -2.34. The predicted octanol–water partition coefficient (Wildman–Crippen LogP) is 0.146. The molecule has 0 spiro atoms. The zero-order valence-corrected chi connectivity index (χ0v) is 8.18. The highest BCUT2D eigenvalue weighted by Crippen LogP contribution is 2.06. The summed E-state index contributed by atoms with van der Waals surface area (Å²) < 4.78 is 0. The molecule has 0 aliphatic carbocycles. The quantitative estimate of drug-likeness (QED) is 0.581. The van der Waals surface area contributed by atoms with Gasteiger partial charge in [0.05, 0.1) is 5.36 Å². The van der Waals surface area contributed by atoms with E-state index in [2.05, 4.69) is 9.98 Å². The van der Waals surface area contributed by atoms with Crippen LogP contribution in [-0.4, -0.2) is 11.8 Å². The molecule has 1 aliphatic rings. The first-order valence-corrected chi connectivity index (χ1v) is 4.79. The largest absolute Gasteiger partial charge is 0.338 e. The van der Waals surface area contributed by atoms with Crippen molar-refractivity contribution in [2.45, 2.75) is 0 Å². The van der Waals surface area contributed by atoms with Gasteiger partial charge in [0.25, 0.3) is 0 Å². The minimum Gasteiger partial charge on any atom is -0.261 e. The number of carbonyl (C=O) groups excluding carboxylic acids is 2. The molecule has 0 atom stereocenters. The van der Waals surface area contributed by atoms with Gasteiger partial charge in [0.15, 0.2) is 0 Å². The van der Waals surface area contributed by atoms with Gasteiger partial charge in [-0.25, -0.2) is 9.98 Å². The highest BCUT2D eigenvalue weighted by molar-refractivity contribution is 6.36. The molecule has 0 radical (unpaired) electrons. The second-order valence-electron chi connectivity index (χ2n) is 3.49. The Morgan fingerprint density at radius 2 is 1.56 bits per heavy atom. The summed E-state index contributed by atoms with van der Waals surface area (Å²) >= 11 is 0. The Morgan fingerprint density at radius 3 is 2.44 bits per heavy atom. The van der Waals surface area contributed by atoms with Crippen molar-refractivity contribution in [1.29, 1.82) is 0 Å². The summed E-state index contributed by atoms with van der Waals surface area (Å²) in [5.41, 5.74) is 0. The molecular weight excluding hydrogens is 204 g/mol. The van der Waals surface area contributed by atoms with Crippen LogP contribution in [0.3, 0.4) is 0 Å². The molecule has 0 aromatic heterocycles. The second kappa shape index (κ2) is 3.06. The van der Waals surface area contributed by atoms with Crippen LogP contribution in [0.1, 0.15) is 0 Å². The lowest BCUT2D eigenvalue weighted by atomic mass is 10.1. The molecule has 1 aliphatic heterocycles. The molecule has 0 unspecified atom stereocenters. The SMILES string of the molecule is O=C1N=c2ccc3ccccc3c2=NC1=O. The molecule has 3 rings (SSSR count). The molecule has 16 heavy (non-hydrogen) atoms. The fourth-order valence-corrected chi connectivity index (χ4v) is 1.76. The zero-order chi connectivity index (χ0) is 11.1. The Kier molecular flexibility index (Phi) is 1.71. The predicted molar refractivity (Wildman–Crippen MR) is 56.3 cm³/mol. The highest BCUT2D eigenvalue weighted by Gasteiger charge is 2.15. The summed E-state index contributed by atoms with van der Waals surface area (Å²) in [7, 11) is 0. The molecule has 0 N–H and O–H groups in total. The Hall–Kier alpha value is -2.36. The first-order chi connectivity index (χ1) is 7.75. The molecule has 0 saturated carbocycles. The highest BCUT2D eigenvalue weighted by atomic mass is 16.2. The van der Waals surface area contributed by atoms with E-state index < -0.39 is 11.8 Å². The van der Waals surface area contributed by atoms with Gasteiger partial charge < -0.3 is 0 Å². The Balaban J connectivity index is 2.59. The van der Waals surface area contributed by atoms with E-state index in [1.54, 1.807) is 6.07 Å². The fraction of sp³-hybridized carbons (Fsp3) is 0. The minimum absolute atomic E-state index is 0.461. The van der Waals surface area contributed by atoms with Gasteiger partial charge in [-0.2, -0.15) is 0 Å². The van der Waals surface area contributed by atoms with Crippen molar-refractivity contribution in [3.05, 3.63) is 47.1 Å². The van der Waals surface area contributed by atoms with Gasteiger partial charge in [-0.3, -0.25) is 9.59 Å². The molecule has 76 valence electrons. The van der Waals surface area contributed by atoms with E-state index >= 15 is 0 Å². The molecule has 2 amide bonds. The number of fused-ring (bicyclic) bond motifs is 3. The van der Waals surface area contributed by atoms with Gasteiger partial charge in [-0.1, -0.05) is 30.3 Å². The monoisotopic (exact) mass is 210 g/mol. The molecule has 0 fully saturated rings. The second-order valence-corrected chi connectivity index (χ2v) is 3.49. The summed E-state index contributed by atoms with van der Waals surface area (Å²) in [5.74, 6) is -1.60. The van der Waals surface area contributed by atoms with Crippen molar-refractivity contribution in [1.82, 2.24) is 0 Å². The number of nitrogens with zero attached hydrogens (tertiary/aromatic N) is 2. The summed E-state index contributed by atoms with van der Waals surface area (Å²) in [5, 5.41) is 2.76. The van der Waals surface area contributed by atoms with Crippen molar-refractivity contribution in [2.75, 3.05) is 0 Å². The molecule has 4 nitrogen and oxygen atoms in total. The van der Waals surface area contributed by atoms with E-state index in [0.717, 1.165) is 10.8 Å². The van der Waals surface area contributed by atoms with Crippen molar-refractivity contribution in [2.24, 2.45) is 9.98 Å². The van der Waals surface area contributed by atoms with Crippen molar-refractivity contribution in [3.8, 4) is 0 Å². The molecule has 0 saturated heterocycles. The Morgan fingerprint density at radius 1 is 0.812 bits per heavy atom. The van der Waals surface area contributed by atoms with Gasteiger partial charge in [0, 0.05) is 5.39 Å². The third-order valence-electron chi connectivity index (χ3n) is 2.50. The van der Waals surface area contributed by atoms with Crippen molar-refractivity contribution >= 4 is 22.6 Å². The molecule has 0 bridgehead atoms. The van der Waals surface area contributed by atoms with Crippen LogP contribution >= 0.6 is 0 Å². The molecule has 4 heteroatoms. The van der Waals surface area contributed by atoms with E-state index in [9.17, 15) is 9.59 Å². The van der Waals surface area contributed by atoms with E-state index in [1.807, 2.05) is 30.3 Å². The number of carbonyl (C=O) groups is 2. The number of hydrogen-bond donors (Lipinski definition) is 0. The summed E-state index contributed by atoms with van der Waals surface area (Å²) in [4.78, 5) is 29.7. The topological polar surface area (TPSA) is 58.9 Å². The number of hydrogen-bond acceptors (Lipinski definition) is 2. The summed E-state index contributed by atoms with van der Waals surface area (Å²) in [6.45, 7) is 0. The van der Waals surface area contributed by atoms with E-state index in [0.29, 0.717) is 10.7 Å². The first-order valence-electron chi connectivity index (χ1n) is 4.79. The molecule has 1 heterocycles. The number of amides is 2. The minimum atomic E-state index is -0.803. The standard InChI is InChI=1S/C12H6N2O2/c15-11-12(16)14-10-8-4-2-1-3-7(8)5-6-9(10)13-11/h1-6H. The van der Waals surface area contributed by atoms with Gasteiger partial charge >= 0.3 is 11.8 Å². The maximum Gasteiger partial charge on any atom is 0.338 e. The Labute approximate surface area is 90.0 Å². The van der Waals surface area contributed by atoms with Crippen LogP contribution in [0.4, 0.5) is 0 Å². The van der Waals surface area contributed by atoms with Crippen LogP contribution in [0.15, 0.2) is 46.4 Å². The van der Waals surface area contributed by atoms with Gasteiger partial charge in [-0.05, 0) is 11.5 Å². The van der Waals surface area contributed by atoms with Gasteiger partial charge in [0.2, 0.25) is 0 Å². The Bertz CT molecular complexity index is 747. The maximum absolute atomic E-state index is 11.2. The average Bonchev–Trinajstić information content (AvgIpc) is 2.31. The fourth-order valence-electron chi connectivity index (χ4n) is 1.76. The number of rotatable bonds is 0.